The van der Waals surface area contributed by atoms with Gasteiger partial charge in [0.1, 0.15) is 0 Å². The largest absolute Gasteiger partial charge is 0.469 e. The number of aromatic nitrogens is 2. The minimum Gasteiger partial charge on any atom is -0.469 e. The lowest BCUT2D eigenvalue weighted by molar-refractivity contribution is -0.142. The van der Waals surface area contributed by atoms with E-state index in [0.717, 1.165) is 41.5 Å². The molecule has 4 heteroatoms. The molecule has 3 aromatic rings. The van der Waals surface area contributed by atoms with Crippen molar-refractivity contribution in [1.29, 1.82) is 0 Å². The molecule has 0 amide bonds. The summed E-state index contributed by atoms with van der Waals surface area (Å²) in [7, 11) is 1.45. The molecule has 0 aliphatic rings. The van der Waals surface area contributed by atoms with Crippen molar-refractivity contribution in [3.05, 3.63) is 72.6 Å². The topological polar surface area (TPSA) is 52.1 Å². The van der Waals surface area contributed by atoms with Gasteiger partial charge in [0.05, 0.1) is 13.0 Å². The molecular formula is C23H24N2O2. The molecule has 0 saturated carbocycles. The van der Waals surface area contributed by atoms with Crippen LogP contribution >= 0.6 is 0 Å². The Kier molecular flexibility index (Phi) is 6.31. The van der Waals surface area contributed by atoms with Crippen LogP contribution in [-0.2, 0) is 9.53 Å². The first-order valence-corrected chi connectivity index (χ1v) is 9.29. The lowest BCUT2D eigenvalue weighted by atomic mass is 9.89. The van der Waals surface area contributed by atoms with Crippen molar-refractivity contribution in [1.82, 2.24) is 9.97 Å². The number of esters is 1. The summed E-state index contributed by atoms with van der Waals surface area (Å²) in [4.78, 5) is 21.2. The highest BCUT2D eigenvalue weighted by molar-refractivity contribution is 5.84. The van der Waals surface area contributed by atoms with Crippen LogP contribution in [0.25, 0.3) is 22.5 Å². The van der Waals surface area contributed by atoms with Gasteiger partial charge in [0.15, 0.2) is 5.82 Å². The van der Waals surface area contributed by atoms with Gasteiger partial charge in [0.2, 0.25) is 0 Å². The smallest absolute Gasteiger partial charge is 0.313 e. The van der Waals surface area contributed by atoms with E-state index in [0.29, 0.717) is 5.82 Å². The van der Waals surface area contributed by atoms with Crippen molar-refractivity contribution in [3.63, 3.8) is 0 Å². The Bertz CT molecular complexity index is 879. The van der Waals surface area contributed by atoms with Gasteiger partial charge in [0.25, 0.3) is 0 Å². The number of benzene rings is 2. The van der Waals surface area contributed by atoms with Crippen LogP contribution in [0.3, 0.4) is 0 Å². The van der Waals surface area contributed by atoms with E-state index in [1.54, 1.807) is 18.5 Å². The summed E-state index contributed by atoms with van der Waals surface area (Å²) in [5.74, 6) is 0.176. The van der Waals surface area contributed by atoms with Crippen LogP contribution in [0, 0.1) is 0 Å². The first-order chi connectivity index (χ1) is 13.2. The molecule has 0 radical (unpaired) electrons. The van der Waals surface area contributed by atoms with E-state index < -0.39 is 0 Å². The normalized spacial score (nSPS) is 11.8. The number of hydrogen-bond acceptors (Lipinski definition) is 4. The van der Waals surface area contributed by atoms with Gasteiger partial charge in [-0.15, -0.1) is 0 Å². The van der Waals surface area contributed by atoms with Crippen molar-refractivity contribution in [2.45, 2.75) is 32.1 Å². The van der Waals surface area contributed by atoms with Crippen LogP contribution in [0.15, 0.2) is 67.0 Å². The van der Waals surface area contributed by atoms with Gasteiger partial charge in [0, 0.05) is 18.0 Å². The third-order valence-electron chi connectivity index (χ3n) is 4.67. The van der Waals surface area contributed by atoms with Gasteiger partial charge in [-0.05, 0) is 35.2 Å². The fourth-order valence-electron chi connectivity index (χ4n) is 3.24. The minimum atomic E-state index is -0.276. The van der Waals surface area contributed by atoms with E-state index in [1.807, 2.05) is 30.3 Å². The zero-order valence-corrected chi connectivity index (χ0v) is 15.8. The van der Waals surface area contributed by atoms with E-state index in [4.69, 9.17) is 4.74 Å². The predicted molar refractivity (Wildman–Crippen MR) is 107 cm³/mol. The molecule has 0 saturated heterocycles. The Labute approximate surface area is 160 Å². The van der Waals surface area contributed by atoms with E-state index >= 15 is 0 Å². The van der Waals surface area contributed by atoms with Crippen LogP contribution in [-0.4, -0.2) is 23.0 Å². The number of carbonyl (C=O) groups is 1. The highest BCUT2D eigenvalue weighted by atomic mass is 16.5. The Morgan fingerprint density at radius 3 is 2.41 bits per heavy atom. The van der Waals surface area contributed by atoms with Crippen LogP contribution in [0.1, 0.15) is 37.7 Å². The molecule has 0 bridgehead atoms. The summed E-state index contributed by atoms with van der Waals surface area (Å²) >= 11 is 0. The maximum absolute atomic E-state index is 12.4. The van der Waals surface area contributed by atoms with E-state index in [1.165, 1.54) is 7.11 Å². The molecule has 27 heavy (non-hydrogen) atoms. The lowest BCUT2D eigenvalue weighted by Gasteiger charge is -2.17. The second-order valence-corrected chi connectivity index (χ2v) is 6.46. The second-order valence-electron chi connectivity index (χ2n) is 6.46. The molecule has 0 fully saturated rings. The Hall–Kier alpha value is -3.01. The molecule has 3 rings (SSSR count). The quantitative estimate of drug-likeness (QED) is 0.540. The average molecular weight is 360 g/mol. The van der Waals surface area contributed by atoms with E-state index in [2.05, 4.69) is 35.1 Å². The van der Waals surface area contributed by atoms with Crippen molar-refractivity contribution in [2.24, 2.45) is 0 Å². The molecular weight excluding hydrogens is 336 g/mol. The summed E-state index contributed by atoms with van der Waals surface area (Å²) < 4.78 is 5.05. The number of rotatable bonds is 7. The van der Waals surface area contributed by atoms with Gasteiger partial charge < -0.3 is 4.74 Å². The molecule has 0 N–H and O–H groups in total. The number of ether oxygens (including phenoxy) is 1. The van der Waals surface area contributed by atoms with Crippen molar-refractivity contribution in [3.8, 4) is 22.5 Å². The van der Waals surface area contributed by atoms with Crippen LogP contribution < -0.4 is 0 Å². The van der Waals surface area contributed by atoms with Gasteiger partial charge >= 0.3 is 5.97 Å². The third kappa shape index (κ3) is 4.40. The highest BCUT2D eigenvalue weighted by Gasteiger charge is 2.22. The van der Waals surface area contributed by atoms with Gasteiger partial charge in [-0.2, -0.15) is 0 Å². The molecule has 1 aromatic heterocycles. The standard InChI is InChI=1S/C23H24N2O2/c1-3-4-11-20(23(26)27-2)18-12-13-19(17-9-6-5-7-10-17)21(16-18)22-24-14-8-15-25-22/h5-10,12-16,20H,3-4,11H2,1-2H3. The summed E-state index contributed by atoms with van der Waals surface area (Å²) in [6, 6.07) is 18.1. The summed E-state index contributed by atoms with van der Waals surface area (Å²) in [6.45, 7) is 2.12. The molecule has 1 heterocycles. The zero-order chi connectivity index (χ0) is 19.1. The molecule has 0 aliphatic heterocycles. The first-order valence-electron chi connectivity index (χ1n) is 9.29. The summed E-state index contributed by atoms with van der Waals surface area (Å²) in [6.07, 6.45) is 6.24. The van der Waals surface area contributed by atoms with E-state index in [9.17, 15) is 4.79 Å². The Morgan fingerprint density at radius 1 is 1.00 bits per heavy atom. The molecule has 0 aliphatic carbocycles. The number of methoxy groups -OCH3 is 1. The maximum atomic E-state index is 12.4. The lowest BCUT2D eigenvalue weighted by Crippen LogP contribution is -2.14. The van der Waals surface area contributed by atoms with Crippen LogP contribution in [0.5, 0.6) is 0 Å². The van der Waals surface area contributed by atoms with Crippen molar-refractivity contribution < 1.29 is 9.53 Å². The fourth-order valence-corrected chi connectivity index (χ4v) is 3.24. The molecule has 1 atom stereocenters. The van der Waals surface area contributed by atoms with Gasteiger partial charge in [-0.1, -0.05) is 62.2 Å². The van der Waals surface area contributed by atoms with Crippen molar-refractivity contribution >= 4 is 5.97 Å². The molecule has 1 unspecified atom stereocenters. The monoisotopic (exact) mass is 360 g/mol. The second kappa shape index (κ2) is 9.08. The Morgan fingerprint density at radius 2 is 1.74 bits per heavy atom. The maximum Gasteiger partial charge on any atom is 0.313 e. The number of unbranched alkanes of at least 4 members (excludes halogenated alkanes) is 1. The first kappa shape index (κ1) is 18.8. The molecule has 2 aromatic carbocycles. The number of carbonyl (C=O) groups excluding carboxylic acids is 1. The Balaban J connectivity index is 2.11. The van der Waals surface area contributed by atoms with Gasteiger partial charge in [-0.25, -0.2) is 9.97 Å². The number of hydrogen-bond donors (Lipinski definition) is 0. The average Bonchev–Trinajstić information content (AvgIpc) is 2.75. The van der Waals surface area contributed by atoms with Gasteiger partial charge in [-0.3, -0.25) is 4.79 Å². The molecule has 4 nitrogen and oxygen atoms in total. The summed E-state index contributed by atoms with van der Waals surface area (Å²) in [5, 5.41) is 0. The predicted octanol–water partition coefficient (Wildman–Crippen LogP) is 5.26. The van der Waals surface area contributed by atoms with Crippen LogP contribution in [0.2, 0.25) is 0 Å². The molecule has 0 spiro atoms. The third-order valence-corrected chi connectivity index (χ3v) is 4.67. The zero-order valence-electron chi connectivity index (χ0n) is 15.8. The van der Waals surface area contributed by atoms with Crippen molar-refractivity contribution in [2.75, 3.05) is 7.11 Å². The minimum absolute atomic E-state index is 0.198. The summed E-state index contributed by atoms with van der Waals surface area (Å²) in [5.41, 5.74) is 4.00. The van der Waals surface area contributed by atoms with E-state index in [-0.39, 0.29) is 11.9 Å². The van der Waals surface area contributed by atoms with Crippen LogP contribution in [0.4, 0.5) is 0 Å². The highest BCUT2D eigenvalue weighted by Crippen LogP contribution is 2.34. The number of nitrogens with zero attached hydrogens (tertiary/aromatic N) is 2. The molecule has 138 valence electrons. The fraction of sp³-hybridized carbons (Fsp3) is 0.261. The SMILES string of the molecule is CCCCC(C(=O)OC)c1ccc(-c2ccccc2)c(-c2ncccn2)c1.